The molecule has 2 aliphatic heterocycles. The summed E-state index contributed by atoms with van der Waals surface area (Å²) in [5.74, 6) is -2.54. The smallest absolute Gasteiger partial charge is 0.451 e. The van der Waals surface area contributed by atoms with Crippen molar-refractivity contribution in [2.75, 3.05) is 29.5 Å². The number of alkyl halides is 3. The largest absolute Gasteiger partial charge is 0.480 e. The van der Waals surface area contributed by atoms with E-state index in [0.29, 0.717) is 30.0 Å². The molecule has 1 saturated carbocycles. The van der Waals surface area contributed by atoms with Crippen molar-refractivity contribution in [3.63, 3.8) is 0 Å². The van der Waals surface area contributed by atoms with Crippen LogP contribution < -0.4 is 14.5 Å². The molecule has 0 bridgehead atoms. The molecule has 1 aromatic carbocycles. The van der Waals surface area contributed by atoms with Gasteiger partial charge >= 0.3 is 12.1 Å². The lowest BCUT2D eigenvalue weighted by Gasteiger charge is -2.41. The summed E-state index contributed by atoms with van der Waals surface area (Å²) in [5, 5.41) is 10.5. The number of hydrogen-bond acceptors (Lipinski definition) is 9. The van der Waals surface area contributed by atoms with E-state index < -0.39 is 30.1 Å². The summed E-state index contributed by atoms with van der Waals surface area (Å²) < 4.78 is 60.8. The number of hydrogen-bond donors (Lipinski definition) is 1. The number of halogens is 4. The van der Waals surface area contributed by atoms with E-state index in [4.69, 9.17) is 13.9 Å². The minimum absolute atomic E-state index is 0.0117. The summed E-state index contributed by atoms with van der Waals surface area (Å²) in [6, 6.07) is 7.30. The Morgan fingerprint density at radius 3 is 2.74 bits per heavy atom. The number of fused-ring (bicyclic) bond motifs is 3. The summed E-state index contributed by atoms with van der Waals surface area (Å²) in [5.41, 5.74) is 0.798. The van der Waals surface area contributed by atoms with Crippen LogP contribution in [0.25, 0.3) is 22.1 Å². The van der Waals surface area contributed by atoms with Crippen LogP contribution in [-0.4, -0.2) is 69.5 Å². The number of aliphatic carboxylic acids is 1. The molecule has 3 fully saturated rings. The Kier molecular flexibility index (Phi) is 6.28. The van der Waals surface area contributed by atoms with Gasteiger partial charge in [0.25, 0.3) is 0 Å². The highest BCUT2D eigenvalue weighted by atomic mass is 79.9. The maximum Gasteiger partial charge on any atom is 0.451 e. The second-order valence-electron chi connectivity index (χ2n) is 10.9. The summed E-state index contributed by atoms with van der Waals surface area (Å²) in [4.78, 5) is 27.9. The summed E-state index contributed by atoms with van der Waals surface area (Å²) in [7, 11) is 0. The van der Waals surface area contributed by atoms with E-state index in [1.807, 2.05) is 6.07 Å². The number of rotatable bonds is 5. The minimum atomic E-state index is -4.86. The van der Waals surface area contributed by atoms with E-state index in [9.17, 15) is 23.1 Å². The van der Waals surface area contributed by atoms with Gasteiger partial charge in [-0.05, 0) is 53.9 Å². The van der Waals surface area contributed by atoms with E-state index in [2.05, 4.69) is 42.7 Å². The fraction of sp³-hybridized carbons (Fsp3) is 0.429. The van der Waals surface area contributed by atoms with Gasteiger partial charge in [0.2, 0.25) is 11.7 Å². The fourth-order valence-electron chi connectivity index (χ4n) is 6.08. The summed E-state index contributed by atoms with van der Waals surface area (Å²) in [6.45, 7) is 3.21. The molecule has 3 aliphatic rings. The molecule has 1 N–H and O–H groups in total. The number of carboxylic acid groups (broad SMARTS) is 1. The van der Waals surface area contributed by atoms with Gasteiger partial charge in [-0.15, -0.1) is 0 Å². The third-order valence-corrected chi connectivity index (χ3v) is 8.79. The van der Waals surface area contributed by atoms with Gasteiger partial charge < -0.3 is 28.8 Å². The van der Waals surface area contributed by atoms with Crippen LogP contribution in [-0.2, 0) is 15.7 Å². The van der Waals surface area contributed by atoms with Gasteiger partial charge in [0.05, 0.1) is 24.8 Å². The molecule has 0 amide bonds. The van der Waals surface area contributed by atoms with Crippen LogP contribution in [0.5, 0.6) is 5.88 Å². The number of anilines is 2. The molecule has 0 unspecified atom stereocenters. The molecule has 42 heavy (non-hydrogen) atoms. The molecule has 10 nitrogen and oxygen atoms in total. The Bertz CT molecular complexity index is 1710. The van der Waals surface area contributed by atoms with Gasteiger partial charge in [-0.1, -0.05) is 12.1 Å². The second kappa shape index (κ2) is 9.69. The van der Waals surface area contributed by atoms with Crippen molar-refractivity contribution in [1.29, 1.82) is 0 Å². The van der Waals surface area contributed by atoms with Crippen LogP contribution in [0, 0.1) is 0 Å². The lowest BCUT2D eigenvalue weighted by atomic mass is 10.1. The molecule has 1 aliphatic carbocycles. The minimum Gasteiger partial charge on any atom is -0.480 e. The molecule has 3 aromatic heterocycles. The highest BCUT2D eigenvalue weighted by Crippen LogP contribution is 2.49. The number of benzene rings is 1. The summed E-state index contributed by atoms with van der Waals surface area (Å²) in [6.07, 6.45) is -2.06. The molecule has 14 heteroatoms. The number of para-hydroxylation sites is 1. The molecule has 220 valence electrons. The molecule has 1 spiro atoms. The van der Waals surface area contributed by atoms with Gasteiger partial charge in [-0.25, -0.2) is 19.7 Å². The first-order valence-corrected chi connectivity index (χ1v) is 14.3. The number of carbonyl (C=O) groups is 1. The molecular formula is C28H25BrF3N5O5. The Morgan fingerprint density at radius 2 is 2.00 bits per heavy atom. The Morgan fingerprint density at radius 1 is 1.21 bits per heavy atom. The van der Waals surface area contributed by atoms with E-state index in [1.165, 1.54) is 4.90 Å². The number of morpholine rings is 1. The maximum absolute atomic E-state index is 13.9. The maximum atomic E-state index is 13.9. The predicted molar refractivity (Wildman–Crippen MR) is 149 cm³/mol. The number of ether oxygens (including phenoxy) is 2. The molecule has 2 saturated heterocycles. The Labute approximate surface area is 245 Å². The standard InChI is InChI=1S/C28H25BrF3N5O5/c1-14-27(6-7-27)40-9-8-36(14)18-10-15(29)12-33-24(18)41-16-11-19(25(38)39)37(13-16)23-22-21(34-26(35-23)28(30,31)32)17-4-2-3-5-20(17)42-22/h2-5,10,12,14,16,19H,6-9,11,13H2,1H3,(H,38,39)/t14-,16-,19-/m0/s1. The van der Waals surface area contributed by atoms with Crippen molar-refractivity contribution in [3.8, 4) is 5.88 Å². The van der Waals surface area contributed by atoms with Crippen molar-refractivity contribution in [1.82, 2.24) is 15.0 Å². The highest BCUT2D eigenvalue weighted by Gasteiger charge is 2.53. The first-order chi connectivity index (χ1) is 20.0. The number of pyridine rings is 1. The van der Waals surface area contributed by atoms with Crippen molar-refractivity contribution >= 4 is 55.5 Å². The van der Waals surface area contributed by atoms with Crippen molar-refractivity contribution in [3.05, 3.63) is 46.8 Å². The molecule has 3 atom stereocenters. The van der Waals surface area contributed by atoms with Gasteiger partial charge in [-0.3, -0.25) is 0 Å². The highest BCUT2D eigenvalue weighted by molar-refractivity contribution is 9.10. The fourth-order valence-corrected chi connectivity index (χ4v) is 6.40. The Balaban J connectivity index is 1.26. The number of furan rings is 1. The third kappa shape index (κ3) is 4.51. The van der Waals surface area contributed by atoms with Crippen LogP contribution >= 0.6 is 15.9 Å². The van der Waals surface area contributed by atoms with Crippen molar-refractivity contribution in [2.45, 2.75) is 56.2 Å². The van der Waals surface area contributed by atoms with E-state index in [-0.39, 0.29) is 41.5 Å². The molecule has 0 radical (unpaired) electrons. The molecule has 4 aromatic rings. The summed E-state index contributed by atoms with van der Waals surface area (Å²) >= 11 is 3.49. The number of aromatic nitrogens is 3. The lowest BCUT2D eigenvalue weighted by Crippen LogP contribution is -2.51. The van der Waals surface area contributed by atoms with Crippen molar-refractivity contribution < 1.29 is 37.0 Å². The van der Waals surface area contributed by atoms with E-state index in [1.54, 1.807) is 30.5 Å². The monoisotopic (exact) mass is 647 g/mol. The van der Waals surface area contributed by atoms with Gasteiger partial charge in [-0.2, -0.15) is 13.2 Å². The molecular weight excluding hydrogens is 623 g/mol. The van der Waals surface area contributed by atoms with E-state index >= 15 is 0 Å². The number of carboxylic acids is 1. The zero-order valence-corrected chi connectivity index (χ0v) is 23.9. The lowest BCUT2D eigenvalue weighted by molar-refractivity contribution is -0.144. The van der Waals surface area contributed by atoms with Crippen molar-refractivity contribution in [2.24, 2.45) is 0 Å². The molecule has 5 heterocycles. The Hall–Kier alpha value is -3.65. The van der Waals surface area contributed by atoms with Crippen LogP contribution in [0.15, 0.2) is 45.4 Å². The third-order valence-electron chi connectivity index (χ3n) is 8.36. The topological polar surface area (TPSA) is 114 Å². The SMILES string of the molecule is C[C@@H]1N(c2cc(Br)cnc2O[C@H]2C[C@@H](C(=O)O)N(c3nc(C(F)(F)F)nc4c3oc3ccccc34)C2)CCOC12CC2. The van der Waals surface area contributed by atoms with Gasteiger partial charge in [0.15, 0.2) is 11.4 Å². The van der Waals surface area contributed by atoms with Crippen LogP contribution in [0.1, 0.15) is 32.0 Å². The first kappa shape index (κ1) is 27.2. The number of nitrogens with zero attached hydrogens (tertiary/aromatic N) is 5. The average molecular weight is 648 g/mol. The van der Waals surface area contributed by atoms with Crippen LogP contribution in [0.3, 0.4) is 0 Å². The van der Waals surface area contributed by atoms with Crippen LogP contribution in [0.2, 0.25) is 0 Å². The second-order valence-corrected chi connectivity index (χ2v) is 11.8. The average Bonchev–Trinajstić information content (AvgIpc) is 3.43. The molecule has 7 rings (SSSR count). The van der Waals surface area contributed by atoms with E-state index in [0.717, 1.165) is 23.0 Å². The predicted octanol–water partition coefficient (Wildman–Crippen LogP) is 5.42. The van der Waals surface area contributed by atoms with Gasteiger partial charge in [0, 0.05) is 29.0 Å². The first-order valence-electron chi connectivity index (χ1n) is 13.5. The van der Waals surface area contributed by atoms with Crippen LogP contribution in [0.4, 0.5) is 24.7 Å². The zero-order valence-electron chi connectivity index (χ0n) is 22.3. The van der Waals surface area contributed by atoms with Gasteiger partial charge in [0.1, 0.15) is 28.9 Å². The quantitative estimate of drug-likeness (QED) is 0.301. The zero-order chi connectivity index (χ0) is 29.4. The normalized spacial score (nSPS) is 23.7.